The van der Waals surface area contributed by atoms with Crippen LogP contribution in [0, 0.1) is 19.8 Å². The van der Waals surface area contributed by atoms with Gasteiger partial charge in [0.1, 0.15) is 23.0 Å². The van der Waals surface area contributed by atoms with Crippen LogP contribution in [-0.2, 0) is 33.6 Å². The van der Waals surface area contributed by atoms with Crippen molar-refractivity contribution in [3.8, 4) is 0 Å². The largest absolute Gasteiger partial charge is 0.480 e. The highest BCUT2D eigenvalue weighted by Gasteiger charge is 2.26. The van der Waals surface area contributed by atoms with Crippen molar-refractivity contribution in [1.82, 2.24) is 10.6 Å². The van der Waals surface area contributed by atoms with Gasteiger partial charge in [-0.2, -0.15) is 0 Å². The predicted octanol–water partition coefficient (Wildman–Crippen LogP) is 3.31. The van der Waals surface area contributed by atoms with E-state index in [0.29, 0.717) is 17.6 Å². The van der Waals surface area contributed by atoms with E-state index in [0.717, 1.165) is 53.4 Å². The van der Waals surface area contributed by atoms with Gasteiger partial charge in [0.05, 0.1) is 18.5 Å². The second-order valence-electron chi connectivity index (χ2n) is 9.68. The minimum Gasteiger partial charge on any atom is -0.480 e. The van der Waals surface area contributed by atoms with Gasteiger partial charge < -0.3 is 24.6 Å². The van der Waals surface area contributed by atoms with E-state index in [1.165, 1.54) is 5.56 Å². The van der Waals surface area contributed by atoms with Crippen LogP contribution >= 0.6 is 0 Å². The smallest absolute Gasteiger partial charge is 0.340 e. The lowest BCUT2D eigenvalue weighted by Gasteiger charge is -2.20. The Kier molecular flexibility index (Phi) is 7.19. The molecule has 1 aliphatic carbocycles. The molecule has 2 aromatic heterocycles. The van der Waals surface area contributed by atoms with Crippen LogP contribution < -0.4 is 16.3 Å². The summed E-state index contributed by atoms with van der Waals surface area (Å²) in [5, 5.41) is 16.0. The minimum atomic E-state index is -1.13. The number of hydrogen-bond acceptors (Lipinski definition) is 6. The number of rotatable bonds is 8. The third-order valence-corrected chi connectivity index (χ3v) is 7.30. The van der Waals surface area contributed by atoms with Crippen LogP contribution in [0.3, 0.4) is 0 Å². The molecule has 0 saturated heterocycles. The molecular weight excluding hydrogens is 464 g/mol. The van der Waals surface area contributed by atoms with Crippen LogP contribution in [-0.4, -0.2) is 35.5 Å². The molecule has 2 amide bonds. The number of aryl methyl sites for hydroxylation is 4. The van der Waals surface area contributed by atoms with Gasteiger partial charge in [0.15, 0.2) is 0 Å². The standard InChI is InChI=1S/C27H32N2O7/c1-5-13(2)23(26(32)33)29-22(31)12-28-21(30)11-18-14(3)17-10-19-16-8-6-7-9-20(16)35-25(19)15(4)24(17)36-27(18)34/h10,13,23H,5-9,11-12H2,1-4H3,(H,28,30)(H,29,31)(H,32,33)/t13-,23+/m0/s1. The number of fused-ring (bicyclic) bond motifs is 4. The average Bonchev–Trinajstić information content (AvgIpc) is 3.23. The van der Waals surface area contributed by atoms with E-state index in [1.807, 2.05) is 19.9 Å². The molecule has 0 radical (unpaired) electrons. The van der Waals surface area contributed by atoms with E-state index < -0.39 is 36.0 Å². The zero-order chi connectivity index (χ0) is 26.1. The van der Waals surface area contributed by atoms with Crippen LogP contribution in [0.2, 0.25) is 0 Å². The monoisotopic (exact) mass is 496 g/mol. The molecule has 2 atom stereocenters. The lowest BCUT2D eigenvalue weighted by Crippen LogP contribution is -2.48. The molecule has 9 nitrogen and oxygen atoms in total. The van der Waals surface area contributed by atoms with Crippen molar-refractivity contribution < 1.29 is 28.3 Å². The van der Waals surface area contributed by atoms with E-state index in [2.05, 4.69) is 10.6 Å². The molecule has 0 aliphatic heterocycles. The van der Waals surface area contributed by atoms with Crippen molar-refractivity contribution in [2.75, 3.05) is 6.54 Å². The van der Waals surface area contributed by atoms with E-state index in [4.69, 9.17) is 8.83 Å². The minimum absolute atomic E-state index is 0.222. The Morgan fingerprint density at radius 1 is 1.03 bits per heavy atom. The van der Waals surface area contributed by atoms with Crippen LogP contribution in [0.15, 0.2) is 19.7 Å². The number of carboxylic acids is 1. The quantitative estimate of drug-likeness (QED) is 0.407. The van der Waals surface area contributed by atoms with E-state index in [1.54, 1.807) is 13.8 Å². The molecule has 3 N–H and O–H groups in total. The van der Waals surface area contributed by atoms with Crippen molar-refractivity contribution in [1.29, 1.82) is 0 Å². The highest BCUT2D eigenvalue weighted by molar-refractivity contribution is 6.00. The summed E-state index contributed by atoms with van der Waals surface area (Å²) in [6.45, 7) is 6.83. The Labute approximate surface area is 208 Å². The molecule has 192 valence electrons. The summed E-state index contributed by atoms with van der Waals surface area (Å²) in [6.07, 6.45) is 4.35. The normalized spacial score (nSPS) is 14.9. The molecular formula is C27H32N2O7. The number of hydrogen-bond donors (Lipinski definition) is 3. The predicted molar refractivity (Wildman–Crippen MR) is 134 cm³/mol. The number of furan rings is 1. The van der Waals surface area contributed by atoms with E-state index in [9.17, 15) is 24.3 Å². The Bertz CT molecular complexity index is 1420. The van der Waals surface area contributed by atoms with Gasteiger partial charge in [0, 0.05) is 28.3 Å². The first-order chi connectivity index (χ1) is 17.1. The summed E-state index contributed by atoms with van der Waals surface area (Å²) in [4.78, 5) is 49.0. The van der Waals surface area contributed by atoms with Crippen molar-refractivity contribution in [3.63, 3.8) is 0 Å². The molecule has 2 heterocycles. The summed E-state index contributed by atoms with van der Waals surface area (Å²) in [5.74, 6) is -1.54. The van der Waals surface area contributed by atoms with Gasteiger partial charge in [0.25, 0.3) is 0 Å². The maximum Gasteiger partial charge on any atom is 0.340 e. The van der Waals surface area contributed by atoms with Crippen molar-refractivity contribution in [2.24, 2.45) is 5.92 Å². The number of carboxylic acid groups (broad SMARTS) is 1. The highest BCUT2D eigenvalue weighted by atomic mass is 16.4. The average molecular weight is 497 g/mol. The molecule has 0 unspecified atom stereocenters. The third-order valence-electron chi connectivity index (χ3n) is 7.30. The van der Waals surface area contributed by atoms with Crippen molar-refractivity contribution in [3.05, 3.63) is 44.5 Å². The first kappa shape index (κ1) is 25.5. The van der Waals surface area contributed by atoms with Crippen LogP contribution in [0.4, 0.5) is 0 Å². The molecule has 3 aromatic rings. The maximum atomic E-state index is 12.8. The Hall–Kier alpha value is -3.62. The van der Waals surface area contributed by atoms with Gasteiger partial charge in [-0.1, -0.05) is 20.3 Å². The molecule has 1 aliphatic rings. The fourth-order valence-corrected chi connectivity index (χ4v) is 4.93. The number of nitrogens with one attached hydrogen (secondary N) is 2. The van der Waals surface area contributed by atoms with Crippen LogP contribution in [0.25, 0.3) is 21.9 Å². The van der Waals surface area contributed by atoms with Crippen LogP contribution in [0.1, 0.15) is 61.1 Å². The maximum absolute atomic E-state index is 12.8. The molecule has 0 saturated carbocycles. The van der Waals surface area contributed by atoms with Crippen LogP contribution in [0.5, 0.6) is 0 Å². The molecule has 1 aromatic carbocycles. The summed E-state index contributed by atoms with van der Waals surface area (Å²) in [5.41, 5.74) is 3.42. The van der Waals surface area contributed by atoms with Gasteiger partial charge in [-0.3, -0.25) is 9.59 Å². The molecule has 0 bridgehead atoms. The number of carbonyl (C=O) groups is 3. The third kappa shape index (κ3) is 4.74. The number of amides is 2. The van der Waals surface area contributed by atoms with Gasteiger partial charge in [0.2, 0.25) is 11.8 Å². The van der Waals surface area contributed by atoms with Gasteiger partial charge in [-0.05, 0) is 50.7 Å². The zero-order valence-electron chi connectivity index (χ0n) is 21.1. The lowest BCUT2D eigenvalue weighted by atomic mass is 9.93. The zero-order valence-corrected chi connectivity index (χ0v) is 21.1. The highest BCUT2D eigenvalue weighted by Crippen LogP contribution is 2.37. The van der Waals surface area contributed by atoms with E-state index in [-0.39, 0.29) is 17.9 Å². The molecule has 4 rings (SSSR count). The number of benzene rings is 1. The topological polar surface area (TPSA) is 139 Å². The SMILES string of the molecule is CC[C@H](C)[C@@H](NC(=O)CNC(=O)Cc1c(C)c2cc3c4c(oc3c(C)c2oc1=O)CCCC4)C(=O)O. The Morgan fingerprint density at radius 2 is 1.72 bits per heavy atom. The lowest BCUT2D eigenvalue weighted by molar-refractivity contribution is -0.143. The first-order valence-electron chi connectivity index (χ1n) is 12.4. The Balaban J connectivity index is 1.55. The van der Waals surface area contributed by atoms with E-state index >= 15 is 0 Å². The van der Waals surface area contributed by atoms with Gasteiger partial charge >= 0.3 is 11.6 Å². The van der Waals surface area contributed by atoms with Crippen molar-refractivity contribution >= 4 is 39.7 Å². The summed E-state index contributed by atoms with van der Waals surface area (Å²) in [7, 11) is 0. The number of aliphatic carboxylic acids is 1. The number of carbonyl (C=O) groups excluding carboxylic acids is 2. The van der Waals surface area contributed by atoms with Gasteiger partial charge in [-0.15, -0.1) is 0 Å². The Morgan fingerprint density at radius 3 is 2.42 bits per heavy atom. The fourth-order valence-electron chi connectivity index (χ4n) is 4.93. The second kappa shape index (κ2) is 10.2. The summed E-state index contributed by atoms with van der Waals surface area (Å²) in [6, 6.07) is 0.947. The molecule has 0 spiro atoms. The second-order valence-corrected chi connectivity index (χ2v) is 9.68. The summed E-state index contributed by atoms with van der Waals surface area (Å²) < 4.78 is 11.8. The first-order valence-corrected chi connectivity index (χ1v) is 12.4. The van der Waals surface area contributed by atoms with Gasteiger partial charge in [-0.25, -0.2) is 9.59 Å². The van der Waals surface area contributed by atoms with Crippen molar-refractivity contribution in [2.45, 2.75) is 72.3 Å². The fraction of sp³-hybridized carbons (Fsp3) is 0.481. The molecule has 0 fully saturated rings. The molecule has 36 heavy (non-hydrogen) atoms. The molecule has 9 heteroatoms. The summed E-state index contributed by atoms with van der Waals surface area (Å²) >= 11 is 0.